The molecule has 1 aliphatic heterocycles. The van der Waals surface area contributed by atoms with Crippen molar-refractivity contribution in [2.45, 2.75) is 9.58 Å². The molecule has 1 aliphatic rings. The number of nitrogens with zero attached hydrogens (tertiary/aromatic N) is 2. The monoisotopic (exact) mass is 225 g/mol. The van der Waals surface area contributed by atoms with Crippen molar-refractivity contribution in [2.75, 3.05) is 6.54 Å². The van der Waals surface area contributed by atoms with E-state index in [2.05, 4.69) is 22.9 Å². The Balaban J connectivity index is 2.29. The number of azo groups is 1. The van der Waals surface area contributed by atoms with Gasteiger partial charge in [0.25, 0.3) is 0 Å². The lowest BCUT2D eigenvalue weighted by Crippen LogP contribution is -2.29. The molecule has 0 saturated carbocycles. The summed E-state index contributed by atoms with van der Waals surface area (Å²) in [5.74, 6) is 0. The lowest BCUT2D eigenvalue weighted by atomic mass is 10.1. The van der Waals surface area contributed by atoms with Crippen molar-refractivity contribution < 1.29 is 0 Å². The number of thiol groups is 1. The third-order valence-electron chi connectivity index (χ3n) is 2.02. The van der Waals surface area contributed by atoms with E-state index in [0.29, 0.717) is 6.54 Å². The molecule has 2 unspecified atom stereocenters. The average molecular weight is 225 g/mol. The SMILES string of the molecule is NC1N=NCC(S)(c2ccccc2)S1. The maximum absolute atomic E-state index is 5.70. The Bertz CT molecular complexity index is 341. The first kappa shape index (κ1) is 10.0. The van der Waals surface area contributed by atoms with Crippen LogP contribution in [0, 0.1) is 0 Å². The molecule has 0 fully saturated rings. The van der Waals surface area contributed by atoms with Gasteiger partial charge in [0.1, 0.15) is 4.08 Å². The first-order chi connectivity index (χ1) is 6.71. The van der Waals surface area contributed by atoms with E-state index in [1.54, 1.807) is 0 Å². The first-order valence-corrected chi connectivity index (χ1v) is 5.61. The number of nitrogens with two attached hydrogens (primary N) is 1. The molecule has 1 aromatic rings. The van der Waals surface area contributed by atoms with E-state index in [1.807, 2.05) is 30.3 Å². The van der Waals surface area contributed by atoms with Crippen LogP contribution < -0.4 is 5.73 Å². The minimum Gasteiger partial charge on any atom is -0.300 e. The summed E-state index contributed by atoms with van der Waals surface area (Å²) in [5.41, 5.74) is 6.52. The fourth-order valence-corrected chi connectivity index (χ4v) is 2.79. The molecule has 5 heteroatoms. The Hall–Kier alpha value is -0.520. The van der Waals surface area contributed by atoms with Crippen molar-refractivity contribution in [1.29, 1.82) is 0 Å². The first-order valence-electron chi connectivity index (χ1n) is 4.29. The number of thioether (sulfide) groups is 1. The number of rotatable bonds is 1. The molecule has 0 spiro atoms. The highest BCUT2D eigenvalue weighted by molar-refractivity contribution is 8.11. The fraction of sp³-hybridized carbons (Fsp3) is 0.333. The summed E-state index contributed by atoms with van der Waals surface area (Å²) in [6.45, 7) is 0.568. The molecule has 2 atom stereocenters. The molecule has 74 valence electrons. The molecule has 14 heavy (non-hydrogen) atoms. The highest BCUT2D eigenvalue weighted by Gasteiger charge is 2.33. The van der Waals surface area contributed by atoms with Crippen LogP contribution in [0.1, 0.15) is 5.56 Å². The van der Waals surface area contributed by atoms with E-state index in [4.69, 9.17) is 5.73 Å². The molecular formula is C9H11N3S2. The van der Waals surface area contributed by atoms with Crippen LogP contribution in [-0.2, 0) is 4.08 Å². The Kier molecular flexibility index (Phi) is 2.80. The Morgan fingerprint density at radius 3 is 2.79 bits per heavy atom. The topological polar surface area (TPSA) is 50.7 Å². The largest absolute Gasteiger partial charge is 0.300 e. The van der Waals surface area contributed by atoms with Gasteiger partial charge < -0.3 is 0 Å². The van der Waals surface area contributed by atoms with Gasteiger partial charge in [0.2, 0.25) is 0 Å². The number of benzene rings is 1. The van der Waals surface area contributed by atoms with E-state index >= 15 is 0 Å². The molecule has 0 aromatic heterocycles. The van der Waals surface area contributed by atoms with Crippen LogP contribution in [0.5, 0.6) is 0 Å². The molecule has 0 radical (unpaired) electrons. The molecule has 0 amide bonds. The Labute approximate surface area is 92.6 Å². The summed E-state index contributed by atoms with van der Waals surface area (Å²) >= 11 is 6.15. The van der Waals surface area contributed by atoms with Gasteiger partial charge in [0.15, 0.2) is 5.50 Å². The number of hydrogen-bond donors (Lipinski definition) is 2. The smallest absolute Gasteiger partial charge is 0.166 e. The van der Waals surface area contributed by atoms with Crippen LogP contribution >= 0.6 is 24.4 Å². The maximum Gasteiger partial charge on any atom is 0.166 e. The molecule has 0 saturated heterocycles. The molecule has 2 N–H and O–H groups in total. The zero-order valence-electron chi connectivity index (χ0n) is 7.50. The van der Waals surface area contributed by atoms with Crippen molar-refractivity contribution in [1.82, 2.24) is 0 Å². The summed E-state index contributed by atoms with van der Waals surface area (Å²) in [4.78, 5) is 0. The van der Waals surface area contributed by atoms with Gasteiger partial charge in [-0.2, -0.15) is 22.9 Å². The van der Waals surface area contributed by atoms with Gasteiger partial charge >= 0.3 is 0 Å². The molecule has 0 bridgehead atoms. The minimum atomic E-state index is -0.331. The van der Waals surface area contributed by atoms with E-state index < -0.39 is 0 Å². The zero-order valence-corrected chi connectivity index (χ0v) is 9.21. The molecule has 3 nitrogen and oxygen atoms in total. The van der Waals surface area contributed by atoms with Crippen molar-refractivity contribution in [3.05, 3.63) is 35.9 Å². The van der Waals surface area contributed by atoms with Crippen molar-refractivity contribution in [3.63, 3.8) is 0 Å². The molecule has 2 rings (SSSR count). The normalized spacial score (nSPS) is 31.7. The van der Waals surface area contributed by atoms with Gasteiger partial charge in [-0.3, -0.25) is 5.73 Å². The van der Waals surface area contributed by atoms with E-state index in [0.717, 1.165) is 5.56 Å². The summed E-state index contributed by atoms with van der Waals surface area (Å²) in [6, 6.07) is 10.0. The predicted octanol–water partition coefficient (Wildman–Crippen LogP) is 2.21. The van der Waals surface area contributed by atoms with Gasteiger partial charge in [0.05, 0.1) is 6.54 Å². The zero-order chi connectivity index (χ0) is 10.0. The van der Waals surface area contributed by atoms with Gasteiger partial charge in [0, 0.05) is 0 Å². The van der Waals surface area contributed by atoms with Crippen LogP contribution in [0.25, 0.3) is 0 Å². The van der Waals surface area contributed by atoms with Crippen molar-refractivity contribution in [2.24, 2.45) is 16.0 Å². The van der Waals surface area contributed by atoms with Gasteiger partial charge in [-0.05, 0) is 5.56 Å². The second-order valence-corrected chi connectivity index (χ2v) is 5.56. The van der Waals surface area contributed by atoms with Gasteiger partial charge in [-0.15, -0.1) is 0 Å². The van der Waals surface area contributed by atoms with Crippen LogP contribution in [-0.4, -0.2) is 12.0 Å². The standard InChI is InChI=1S/C9H11N3S2/c10-8-12-11-6-9(13,14-8)7-4-2-1-3-5-7/h1-5,8,13H,6,10H2. The third kappa shape index (κ3) is 1.94. The minimum absolute atomic E-state index is 0.304. The summed E-state index contributed by atoms with van der Waals surface area (Å²) < 4.78 is -0.331. The van der Waals surface area contributed by atoms with E-state index in [1.165, 1.54) is 11.8 Å². The summed E-state index contributed by atoms with van der Waals surface area (Å²) in [5, 5.41) is 7.86. The Morgan fingerprint density at radius 2 is 2.14 bits per heavy atom. The number of hydrogen-bond acceptors (Lipinski definition) is 5. The second kappa shape index (κ2) is 3.92. The average Bonchev–Trinajstić information content (AvgIpc) is 2.19. The third-order valence-corrected chi connectivity index (χ3v) is 3.83. The van der Waals surface area contributed by atoms with Crippen LogP contribution in [0.2, 0.25) is 0 Å². The molecular weight excluding hydrogens is 214 g/mol. The highest BCUT2D eigenvalue weighted by Crippen LogP contribution is 2.44. The van der Waals surface area contributed by atoms with E-state index in [-0.39, 0.29) is 9.58 Å². The van der Waals surface area contributed by atoms with Crippen molar-refractivity contribution >= 4 is 24.4 Å². The van der Waals surface area contributed by atoms with Crippen molar-refractivity contribution in [3.8, 4) is 0 Å². The molecule has 0 aliphatic carbocycles. The van der Waals surface area contributed by atoms with Gasteiger partial charge in [-0.1, -0.05) is 42.1 Å². The maximum atomic E-state index is 5.70. The quantitative estimate of drug-likeness (QED) is 0.720. The summed E-state index contributed by atoms with van der Waals surface area (Å²) in [6.07, 6.45) is 0. The summed E-state index contributed by atoms with van der Waals surface area (Å²) in [7, 11) is 0. The fourth-order valence-electron chi connectivity index (χ4n) is 1.34. The lowest BCUT2D eigenvalue weighted by Gasteiger charge is -2.30. The van der Waals surface area contributed by atoms with Gasteiger partial charge in [-0.25, -0.2) is 0 Å². The Morgan fingerprint density at radius 1 is 1.43 bits per heavy atom. The van der Waals surface area contributed by atoms with Crippen LogP contribution in [0.3, 0.4) is 0 Å². The lowest BCUT2D eigenvalue weighted by molar-refractivity contribution is 0.733. The predicted molar refractivity (Wildman–Crippen MR) is 62.4 cm³/mol. The second-order valence-electron chi connectivity index (χ2n) is 3.07. The molecule has 1 aromatic carbocycles. The van der Waals surface area contributed by atoms with Crippen LogP contribution in [0.4, 0.5) is 0 Å². The highest BCUT2D eigenvalue weighted by atomic mass is 32.2. The molecule has 1 heterocycles. The van der Waals surface area contributed by atoms with Crippen LogP contribution in [0.15, 0.2) is 40.6 Å². The van der Waals surface area contributed by atoms with E-state index in [9.17, 15) is 0 Å².